The molecule has 1 rings (SSSR count). The molecule has 2 atom stereocenters. The van der Waals surface area contributed by atoms with Crippen LogP contribution in [0.1, 0.15) is 13.8 Å². The zero-order chi connectivity index (χ0) is 14.8. The van der Waals surface area contributed by atoms with Gasteiger partial charge in [0.1, 0.15) is 6.10 Å². The molecular formula is C12H26O7Si. The SMILES string of the molecule is CC(C)[Si]1(O)OCCOCC(COCCO)OCCO1. The van der Waals surface area contributed by atoms with Crippen LogP contribution in [0.2, 0.25) is 5.54 Å². The second-order valence-electron chi connectivity index (χ2n) is 4.85. The maximum atomic E-state index is 10.3. The fraction of sp³-hybridized carbons (Fsp3) is 1.00. The summed E-state index contributed by atoms with van der Waals surface area (Å²) in [5.74, 6) is 0. The van der Waals surface area contributed by atoms with E-state index in [0.717, 1.165) is 0 Å². The Labute approximate surface area is 121 Å². The van der Waals surface area contributed by atoms with Crippen molar-refractivity contribution in [2.24, 2.45) is 0 Å². The van der Waals surface area contributed by atoms with E-state index in [1.165, 1.54) is 0 Å². The molecule has 0 aliphatic carbocycles. The summed E-state index contributed by atoms with van der Waals surface area (Å²) < 4.78 is 27.3. The third-order valence-electron chi connectivity index (χ3n) is 2.86. The summed E-state index contributed by atoms with van der Waals surface area (Å²) in [4.78, 5) is 10.3. The predicted octanol–water partition coefficient (Wildman–Crippen LogP) is -0.215. The molecular weight excluding hydrogens is 284 g/mol. The highest BCUT2D eigenvalue weighted by Crippen LogP contribution is 2.20. The van der Waals surface area contributed by atoms with Gasteiger partial charge in [-0.1, -0.05) is 13.8 Å². The Balaban J connectivity index is 2.41. The minimum absolute atomic E-state index is 0.0163. The van der Waals surface area contributed by atoms with Crippen molar-refractivity contribution in [2.45, 2.75) is 25.5 Å². The monoisotopic (exact) mass is 310 g/mol. The molecule has 0 radical (unpaired) electrons. The number of hydrogen-bond acceptors (Lipinski definition) is 7. The van der Waals surface area contributed by atoms with Crippen LogP contribution < -0.4 is 0 Å². The van der Waals surface area contributed by atoms with Gasteiger partial charge in [0, 0.05) is 5.54 Å². The fourth-order valence-corrected chi connectivity index (χ4v) is 3.16. The van der Waals surface area contributed by atoms with Crippen molar-refractivity contribution in [1.82, 2.24) is 0 Å². The van der Waals surface area contributed by atoms with Gasteiger partial charge in [0.2, 0.25) is 0 Å². The minimum Gasteiger partial charge on any atom is -0.394 e. The minimum atomic E-state index is -3.15. The molecule has 0 aromatic heterocycles. The Morgan fingerprint density at radius 3 is 2.55 bits per heavy atom. The van der Waals surface area contributed by atoms with Crippen molar-refractivity contribution in [3.8, 4) is 0 Å². The highest BCUT2D eigenvalue weighted by molar-refractivity contribution is 6.60. The van der Waals surface area contributed by atoms with Crippen LogP contribution in [0.5, 0.6) is 0 Å². The molecule has 0 bridgehead atoms. The smallest absolute Gasteiger partial charge is 0.394 e. The maximum absolute atomic E-state index is 10.3. The lowest BCUT2D eigenvalue weighted by atomic mass is 10.4. The van der Waals surface area contributed by atoms with Gasteiger partial charge in [0.15, 0.2) is 0 Å². The van der Waals surface area contributed by atoms with Crippen molar-refractivity contribution >= 4 is 8.80 Å². The largest absolute Gasteiger partial charge is 0.501 e. The molecule has 2 N–H and O–H groups in total. The van der Waals surface area contributed by atoms with Gasteiger partial charge in [0.25, 0.3) is 0 Å². The van der Waals surface area contributed by atoms with Crippen LogP contribution in [0, 0.1) is 0 Å². The van der Waals surface area contributed by atoms with Crippen LogP contribution in [0.3, 0.4) is 0 Å². The third kappa shape index (κ3) is 6.59. The Morgan fingerprint density at radius 1 is 1.20 bits per heavy atom. The van der Waals surface area contributed by atoms with Crippen LogP contribution >= 0.6 is 0 Å². The Hall–Kier alpha value is -0.0631. The summed E-state index contributed by atoms with van der Waals surface area (Å²) in [5.41, 5.74) is -0.0630. The van der Waals surface area contributed by atoms with E-state index >= 15 is 0 Å². The van der Waals surface area contributed by atoms with Gasteiger partial charge in [-0.05, 0) is 0 Å². The van der Waals surface area contributed by atoms with E-state index < -0.39 is 8.80 Å². The van der Waals surface area contributed by atoms with Crippen molar-refractivity contribution < 1.29 is 33.0 Å². The molecule has 1 aliphatic rings. The second kappa shape index (κ2) is 9.80. The third-order valence-corrected chi connectivity index (χ3v) is 5.55. The second-order valence-corrected chi connectivity index (χ2v) is 7.84. The van der Waals surface area contributed by atoms with Crippen molar-refractivity contribution in [1.29, 1.82) is 0 Å². The van der Waals surface area contributed by atoms with Gasteiger partial charge in [-0.2, -0.15) is 0 Å². The lowest BCUT2D eigenvalue weighted by Crippen LogP contribution is -2.47. The summed E-state index contributed by atoms with van der Waals surface area (Å²) in [6, 6.07) is 0. The number of aliphatic hydroxyl groups excluding tert-OH is 1. The molecule has 1 aliphatic heterocycles. The van der Waals surface area contributed by atoms with Crippen LogP contribution in [-0.4, -0.2) is 77.7 Å². The van der Waals surface area contributed by atoms with Gasteiger partial charge in [-0.25, -0.2) is 0 Å². The van der Waals surface area contributed by atoms with Gasteiger partial charge in [-0.15, -0.1) is 0 Å². The lowest BCUT2D eigenvalue weighted by molar-refractivity contribution is -0.0680. The molecule has 1 heterocycles. The molecule has 120 valence electrons. The molecule has 2 unspecified atom stereocenters. The van der Waals surface area contributed by atoms with Gasteiger partial charge >= 0.3 is 8.80 Å². The Kier molecular flexibility index (Phi) is 8.81. The van der Waals surface area contributed by atoms with E-state index in [4.69, 9.17) is 28.2 Å². The average molecular weight is 310 g/mol. The van der Waals surface area contributed by atoms with Crippen LogP contribution in [0.25, 0.3) is 0 Å². The molecule has 7 nitrogen and oxygen atoms in total. The first-order valence-corrected chi connectivity index (χ1v) is 8.81. The molecule has 0 aromatic rings. The van der Waals surface area contributed by atoms with E-state index in [-0.39, 0.29) is 31.5 Å². The summed E-state index contributed by atoms with van der Waals surface area (Å²) >= 11 is 0. The van der Waals surface area contributed by atoms with Crippen molar-refractivity contribution in [3.05, 3.63) is 0 Å². The van der Waals surface area contributed by atoms with Gasteiger partial charge in [0.05, 0.1) is 52.9 Å². The molecule has 1 fully saturated rings. The van der Waals surface area contributed by atoms with Crippen LogP contribution in [0.15, 0.2) is 0 Å². The first kappa shape index (κ1) is 18.0. The Bertz CT molecular complexity index is 254. The van der Waals surface area contributed by atoms with Crippen molar-refractivity contribution in [3.63, 3.8) is 0 Å². The molecule has 20 heavy (non-hydrogen) atoms. The molecule has 0 spiro atoms. The fourth-order valence-electron chi connectivity index (χ4n) is 1.66. The summed E-state index contributed by atoms with van der Waals surface area (Å²) in [6.45, 7) is 6.02. The number of aliphatic hydroxyl groups is 1. The molecule has 0 amide bonds. The summed E-state index contributed by atoms with van der Waals surface area (Å²) in [7, 11) is -3.15. The number of rotatable bonds is 5. The maximum Gasteiger partial charge on any atom is 0.501 e. The van der Waals surface area contributed by atoms with E-state index in [1.54, 1.807) is 0 Å². The van der Waals surface area contributed by atoms with Crippen molar-refractivity contribution in [2.75, 3.05) is 52.9 Å². The summed E-state index contributed by atoms with van der Waals surface area (Å²) in [5, 5.41) is 8.67. The number of ether oxygens (including phenoxy) is 3. The lowest BCUT2D eigenvalue weighted by Gasteiger charge is -2.27. The standard InChI is InChI=1S/C12H26O7Si/c1-11(2)20(14)18-7-5-16-10-12(9-15-4-3-13)17-6-8-19-20/h11-14H,3-10H2,1-2H3. The van der Waals surface area contributed by atoms with E-state index in [2.05, 4.69) is 0 Å². The summed E-state index contributed by atoms with van der Waals surface area (Å²) in [6.07, 6.45) is -0.211. The van der Waals surface area contributed by atoms with Gasteiger partial charge < -0.3 is 33.0 Å². The zero-order valence-corrected chi connectivity index (χ0v) is 13.2. The first-order chi connectivity index (χ1) is 9.58. The highest BCUT2D eigenvalue weighted by atomic mass is 28.4. The average Bonchev–Trinajstić information content (AvgIpc) is 2.45. The first-order valence-electron chi connectivity index (χ1n) is 6.96. The van der Waals surface area contributed by atoms with Gasteiger partial charge in [-0.3, -0.25) is 0 Å². The van der Waals surface area contributed by atoms with Crippen LogP contribution in [-0.2, 0) is 23.1 Å². The topological polar surface area (TPSA) is 86.6 Å². The van der Waals surface area contributed by atoms with Crippen LogP contribution in [0.4, 0.5) is 0 Å². The normalized spacial score (nSPS) is 30.1. The zero-order valence-electron chi connectivity index (χ0n) is 12.2. The predicted molar refractivity (Wildman–Crippen MR) is 73.4 cm³/mol. The molecule has 8 heteroatoms. The quantitative estimate of drug-likeness (QED) is 0.536. The Morgan fingerprint density at radius 2 is 1.90 bits per heavy atom. The number of hydrogen-bond donors (Lipinski definition) is 2. The van der Waals surface area contributed by atoms with E-state index in [1.807, 2.05) is 13.8 Å². The molecule has 1 saturated heterocycles. The van der Waals surface area contributed by atoms with E-state index in [9.17, 15) is 4.80 Å². The molecule has 0 aromatic carbocycles. The molecule has 0 saturated carbocycles. The highest BCUT2D eigenvalue weighted by Gasteiger charge is 2.41. The van der Waals surface area contributed by atoms with E-state index in [0.29, 0.717) is 33.0 Å².